The molecule has 0 aliphatic carbocycles. The first-order valence-electron chi connectivity index (χ1n) is 7.81. The molecule has 0 saturated carbocycles. The molecule has 1 aromatic rings. The first-order chi connectivity index (χ1) is 10.8. The van der Waals surface area contributed by atoms with E-state index in [1.165, 1.54) is 12.0 Å². The summed E-state index contributed by atoms with van der Waals surface area (Å²) in [4.78, 5) is 11.7. The van der Waals surface area contributed by atoms with Crippen LogP contribution in [0.4, 0.5) is 0 Å². The van der Waals surface area contributed by atoms with Gasteiger partial charge in [-0.1, -0.05) is 0 Å². The molecule has 0 spiro atoms. The van der Waals surface area contributed by atoms with Crippen molar-refractivity contribution in [3.05, 3.63) is 30.4 Å². The minimum atomic E-state index is 0.223. The van der Waals surface area contributed by atoms with E-state index in [1.807, 2.05) is 30.3 Å². The zero-order chi connectivity index (χ0) is 14.9. The minimum absolute atomic E-state index is 0.223. The van der Waals surface area contributed by atoms with Crippen LogP contribution in [0.25, 0.3) is 0 Å². The SMILES string of the molecule is Cn1cc(C2CN=C3C(=NCC4CCNC4)NC=CN32)cn1. The number of rotatable bonds is 3. The van der Waals surface area contributed by atoms with Crippen molar-refractivity contribution in [2.45, 2.75) is 12.5 Å². The zero-order valence-electron chi connectivity index (χ0n) is 12.7. The molecule has 3 aliphatic heterocycles. The lowest BCUT2D eigenvalue weighted by Crippen LogP contribution is -2.41. The van der Waals surface area contributed by atoms with E-state index in [9.17, 15) is 0 Å². The molecule has 4 rings (SSSR count). The predicted molar refractivity (Wildman–Crippen MR) is 85.6 cm³/mol. The largest absolute Gasteiger partial charge is 0.342 e. The van der Waals surface area contributed by atoms with Crippen molar-refractivity contribution >= 4 is 11.7 Å². The number of hydrogen-bond acceptors (Lipinski definition) is 5. The Morgan fingerprint density at radius 1 is 1.45 bits per heavy atom. The van der Waals surface area contributed by atoms with Gasteiger partial charge in [-0.25, -0.2) is 0 Å². The van der Waals surface area contributed by atoms with Crippen LogP contribution < -0.4 is 10.6 Å². The average Bonchev–Trinajstić information content (AvgIpc) is 3.25. The Balaban J connectivity index is 1.51. The van der Waals surface area contributed by atoms with Gasteiger partial charge in [0.1, 0.15) is 0 Å². The molecule has 2 atom stereocenters. The third-order valence-electron chi connectivity index (χ3n) is 4.44. The normalized spacial score (nSPS) is 28.9. The van der Waals surface area contributed by atoms with Crippen molar-refractivity contribution in [1.29, 1.82) is 0 Å². The first-order valence-corrected chi connectivity index (χ1v) is 7.81. The number of nitrogens with one attached hydrogen (secondary N) is 2. The van der Waals surface area contributed by atoms with Crippen LogP contribution in [0.15, 0.2) is 34.8 Å². The van der Waals surface area contributed by atoms with Gasteiger partial charge >= 0.3 is 0 Å². The fraction of sp³-hybridized carbons (Fsp3) is 0.533. The highest BCUT2D eigenvalue weighted by atomic mass is 15.3. The fourth-order valence-corrected chi connectivity index (χ4v) is 3.21. The van der Waals surface area contributed by atoms with Gasteiger partial charge in [0.25, 0.3) is 0 Å². The highest BCUT2D eigenvalue weighted by Crippen LogP contribution is 2.28. The number of nitrogens with zero attached hydrogens (tertiary/aromatic N) is 5. The summed E-state index contributed by atoms with van der Waals surface area (Å²) in [5, 5.41) is 10.9. The number of aryl methyl sites for hydroxylation is 1. The maximum Gasteiger partial charge on any atom is 0.171 e. The van der Waals surface area contributed by atoms with Gasteiger partial charge in [0.2, 0.25) is 0 Å². The molecule has 22 heavy (non-hydrogen) atoms. The summed E-state index contributed by atoms with van der Waals surface area (Å²) < 4.78 is 1.83. The fourth-order valence-electron chi connectivity index (χ4n) is 3.21. The quantitative estimate of drug-likeness (QED) is 0.840. The Bertz CT molecular complexity index is 636. The third kappa shape index (κ3) is 2.41. The Kier molecular flexibility index (Phi) is 3.42. The molecule has 4 heterocycles. The lowest BCUT2D eigenvalue weighted by atomic mass is 10.1. The van der Waals surface area contributed by atoms with E-state index >= 15 is 0 Å². The molecule has 2 N–H and O–H groups in total. The molecular weight excluding hydrogens is 278 g/mol. The van der Waals surface area contributed by atoms with E-state index < -0.39 is 0 Å². The summed E-state index contributed by atoms with van der Waals surface area (Å²) in [6.45, 7) is 3.78. The smallest absolute Gasteiger partial charge is 0.171 e. The molecule has 0 radical (unpaired) electrons. The predicted octanol–water partition coefficient (Wildman–Crippen LogP) is 0.258. The number of hydrogen-bond donors (Lipinski definition) is 2. The Hall–Kier alpha value is -2.15. The average molecular weight is 299 g/mol. The first kappa shape index (κ1) is 13.5. The maximum atomic E-state index is 4.76. The van der Waals surface area contributed by atoms with Gasteiger partial charge in [0.05, 0.1) is 18.8 Å². The second-order valence-corrected chi connectivity index (χ2v) is 6.04. The molecule has 0 aromatic carbocycles. The van der Waals surface area contributed by atoms with Crippen LogP contribution in [0, 0.1) is 5.92 Å². The monoisotopic (exact) mass is 299 g/mol. The Morgan fingerprint density at radius 2 is 2.41 bits per heavy atom. The molecule has 1 fully saturated rings. The standard InChI is InChI=1S/C15H21N7/c1-21-10-12(8-20-21)13-9-19-15-14(17-4-5-22(13)15)18-7-11-2-3-16-6-11/h4-5,8,10-11,13,16H,2-3,6-7,9H2,1H3,(H,17,18). The van der Waals surface area contributed by atoms with Crippen LogP contribution in [-0.2, 0) is 7.05 Å². The van der Waals surface area contributed by atoms with E-state index in [0.29, 0.717) is 5.92 Å². The van der Waals surface area contributed by atoms with Gasteiger partial charge < -0.3 is 15.5 Å². The summed E-state index contributed by atoms with van der Waals surface area (Å²) in [6.07, 6.45) is 9.17. The molecule has 7 heteroatoms. The van der Waals surface area contributed by atoms with E-state index in [0.717, 1.165) is 37.9 Å². The molecule has 7 nitrogen and oxygen atoms in total. The van der Waals surface area contributed by atoms with Gasteiger partial charge in [-0.05, 0) is 25.4 Å². The van der Waals surface area contributed by atoms with Gasteiger partial charge in [0.15, 0.2) is 11.7 Å². The second-order valence-electron chi connectivity index (χ2n) is 6.04. The summed E-state index contributed by atoms with van der Waals surface area (Å²) in [5.41, 5.74) is 1.19. The van der Waals surface area contributed by atoms with Crippen molar-refractivity contribution < 1.29 is 0 Å². The summed E-state index contributed by atoms with van der Waals surface area (Å²) in [6, 6.07) is 0.223. The van der Waals surface area contributed by atoms with Crippen LogP contribution >= 0.6 is 0 Å². The molecule has 0 amide bonds. The van der Waals surface area contributed by atoms with Crippen molar-refractivity contribution in [2.24, 2.45) is 23.0 Å². The third-order valence-corrected chi connectivity index (χ3v) is 4.44. The Morgan fingerprint density at radius 3 is 3.18 bits per heavy atom. The van der Waals surface area contributed by atoms with Crippen molar-refractivity contribution in [1.82, 2.24) is 25.3 Å². The molecule has 0 bridgehead atoms. The van der Waals surface area contributed by atoms with E-state index in [4.69, 9.17) is 9.98 Å². The topological polar surface area (TPSA) is 69.8 Å². The van der Waals surface area contributed by atoms with Crippen LogP contribution in [0.1, 0.15) is 18.0 Å². The highest BCUT2D eigenvalue weighted by Gasteiger charge is 2.33. The van der Waals surface area contributed by atoms with Crippen LogP contribution in [0.3, 0.4) is 0 Å². The van der Waals surface area contributed by atoms with Gasteiger partial charge in [-0.3, -0.25) is 14.7 Å². The molecular formula is C15H21N7. The number of aliphatic imine (C=N–C) groups is 2. The van der Waals surface area contributed by atoms with Gasteiger partial charge in [-0.2, -0.15) is 5.10 Å². The minimum Gasteiger partial charge on any atom is -0.342 e. The highest BCUT2D eigenvalue weighted by molar-refractivity contribution is 6.41. The summed E-state index contributed by atoms with van der Waals surface area (Å²) >= 11 is 0. The van der Waals surface area contributed by atoms with Gasteiger partial charge in [0, 0.05) is 37.8 Å². The number of aromatic nitrogens is 2. The van der Waals surface area contributed by atoms with E-state index in [2.05, 4.69) is 26.8 Å². The molecule has 3 aliphatic rings. The molecule has 1 saturated heterocycles. The van der Waals surface area contributed by atoms with Gasteiger partial charge in [-0.15, -0.1) is 0 Å². The van der Waals surface area contributed by atoms with E-state index in [-0.39, 0.29) is 6.04 Å². The number of amidine groups is 2. The Labute approximate surface area is 129 Å². The van der Waals surface area contributed by atoms with Crippen molar-refractivity contribution in [2.75, 3.05) is 26.2 Å². The lowest BCUT2D eigenvalue weighted by molar-refractivity contribution is 0.455. The van der Waals surface area contributed by atoms with Crippen LogP contribution in [-0.4, -0.2) is 52.5 Å². The molecule has 1 aromatic heterocycles. The van der Waals surface area contributed by atoms with Crippen molar-refractivity contribution in [3.63, 3.8) is 0 Å². The second kappa shape index (κ2) is 5.57. The van der Waals surface area contributed by atoms with Crippen molar-refractivity contribution in [3.8, 4) is 0 Å². The lowest BCUT2D eigenvalue weighted by Gasteiger charge is -2.27. The van der Waals surface area contributed by atoms with Crippen LogP contribution in [0.5, 0.6) is 0 Å². The van der Waals surface area contributed by atoms with Crippen LogP contribution in [0.2, 0.25) is 0 Å². The zero-order valence-corrected chi connectivity index (χ0v) is 12.7. The summed E-state index contributed by atoms with van der Waals surface area (Å²) in [5.74, 6) is 2.48. The maximum absolute atomic E-state index is 4.76. The summed E-state index contributed by atoms with van der Waals surface area (Å²) in [7, 11) is 1.94. The van der Waals surface area contributed by atoms with E-state index in [1.54, 1.807) is 0 Å². The number of fused-ring (bicyclic) bond motifs is 1. The molecule has 116 valence electrons. The molecule has 2 unspecified atom stereocenters.